The van der Waals surface area contributed by atoms with Crippen LogP contribution in [0, 0.1) is 17.0 Å². The molecule has 2 N–H and O–H groups in total. The monoisotopic (exact) mass is 345 g/mol. The number of aryl methyl sites for hydroxylation is 1. The number of hydrogen-bond acceptors (Lipinski definition) is 5. The van der Waals surface area contributed by atoms with E-state index in [0.29, 0.717) is 23.5 Å². The maximum absolute atomic E-state index is 12.5. The van der Waals surface area contributed by atoms with Crippen LogP contribution in [-0.4, -0.2) is 26.5 Å². The lowest BCUT2D eigenvalue weighted by molar-refractivity contribution is -0.389. The largest absolute Gasteiger partial charge is 0.390 e. The molecule has 0 bridgehead atoms. The van der Waals surface area contributed by atoms with Gasteiger partial charge in [-0.2, -0.15) is 4.68 Å². The minimum absolute atomic E-state index is 0.182. The van der Waals surface area contributed by atoms with E-state index < -0.39 is 11.0 Å². The standard InChI is InChI=1S/C16H19N5O4/c1-4-14(20-10(2)9-15(19-20)21(24)25)16(23)18-13-7-5-12(6-8-13)17-11(3)22/h5-9,14H,4H2,1-3H3,(H,17,22)(H,18,23). The molecule has 1 aromatic carbocycles. The van der Waals surface area contributed by atoms with Crippen molar-refractivity contribution in [3.63, 3.8) is 0 Å². The zero-order valence-corrected chi connectivity index (χ0v) is 14.1. The molecule has 132 valence electrons. The summed E-state index contributed by atoms with van der Waals surface area (Å²) in [6, 6.07) is 7.33. The Morgan fingerprint density at radius 1 is 1.24 bits per heavy atom. The second kappa shape index (κ2) is 7.56. The van der Waals surface area contributed by atoms with E-state index in [0.717, 1.165) is 0 Å². The number of aromatic nitrogens is 2. The van der Waals surface area contributed by atoms with Crippen molar-refractivity contribution in [1.29, 1.82) is 0 Å². The van der Waals surface area contributed by atoms with Crippen LogP contribution in [0.25, 0.3) is 0 Å². The van der Waals surface area contributed by atoms with E-state index in [1.54, 1.807) is 38.1 Å². The van der Waals surface area contributed by atoms with Crippen LogP contribution in [0.15, 0.2) is 30.3 Å². The number of nitro groups is 1. The van der Waals surface area contributed by atoms with Crippen LogP contribution < -0.4 is 10.6 Å². The molecule has 25 heavy (non-hydrogen) atoms. The van der Waals surface area contributed by atoms with Gasteiger partial charge in [0.1, 0.15) is 0 Å². The Bertz CT molecular complexity index is 797. The number of carbonyl (C=O) groups excluding carboxylic acids is 2. The van der Waals surface area contributed by atoms with Crippen molar-refractivity contribution in [2.24, 2.45) is 0 Å². The fourth-order valence-electron chi connectivity index (χ4n) is 2.41. The first-order valence-corrected chi connectivity index (χ1v) is 7.71. The zero-order chi connectivity index (χ0) is 18.6. The number of nitrogens with zero attached hydrogens (tertiary/aromatic N) is 3. The molecule has 0 aliphatic heterocycles. The van der Waals surface area contributed by atoms with Crippen LogP contribution >= 0.6 is 0 Å². The Kier molecular flexibility index (Phi) is 5.48. The van der Waals surface area contributed by atoms with Crippen molar-refractivity contribution in [2.45, 2.75) is 33.2 Å². The maximum atomic E-state index is 12.5. The summed E-state index contributed by atoms with van der Waals surface area (Å²) < 4.78 is 1.36. The van der Waals surface area contributed by atoms with E-state index >= 15 is 0 Å². The highest BCUT2D eigenvalue weighted by atomic mass is 16.6. The fraction of sp³-hybridized carbons (Fsp3) is 0.312. The van der Waals surface area contributed by atoms with Gasteiger partial charge in [-0.05, 0) is 42.5 Å². The zero-order valence-electron chi connectivity index (χ0n) is 14.1. The fourth-order valence-corrected chi connectivity index (χ4v) is 2.41. The minimum atomic E-state index is -0.663. The van der Waals surface area contributed by atoms with E-state index in [1.165, 1.54) is 17.7 Å². The molecule has 0 saturated heterocycles. The summed E-state index contributed by atoms with van der Waals surface area (Å²) in [4.78, 5) is 33.8. The number of hydrogen-bond donors (Lipinski definition) is 2. The number of carbonyl (C=O) groups is 2. The Balaban J connectivity index is 2.14. The first-order chi connectivity index (χ1) is 11.8. The lowest BCUT2D eigenvalue weighted by atomic mass is 10.2. The van der Waals surface area contributed by atoms with Gasteiger partial charge in [-0.1, -0.05) is 6.92 Å². The summed E-state index contributed by atoms with van der Waals surface area (Å²) in [6.45, 7) is 4.88. The molecule has 1 aromatic heterocycles. The van der Waals surface area contributed by atoms with E-state index in [2.05, 4.69) is 15.7 Å². The van der Waals surface area contributed by atoms with E-state index in [1.807, 2.05) is 0 Å². The smallest absolute Gasteiger partial charge is 0.358 e. The molecule has 0 spiro atoms. The molecule has 0 aliphatic rings. The second-order valence-corrected chi connectivity index (χ2v) is 5.52. The van der Waals surface area contributed by atoms with E-state index in [-0.39, 0.29) is 17.6 Å². The van der Waals surface area contributed by atoms with Crippen molar-refractivity contribution >= 4 is 29.0 Å². The van der Waals surface area contributed by atoms with Gasteiger partial charge in [0, 0.05) is 18.3 Å². The first-order valence-electron chi connectivity index (χ1n) is 7.71. The summed E-state index contributed by atoms with van der Waals surface area (Å²) in [5.41, 5.74) is 1.71. The maximum Gasteiger partial charge on any atom is 0.390 e. The van der Waals surface area contributed by atoms with Gasteiger partial charge in [-0.3, -0.25) is 9.59 Å². The first kappa shape index (κ1) is 18.1. The van der Waals surface area contributed by atoms with Crippen LogP contribution in [0.3, 0.4) is 0 Å². The van der Waals surface area contributed by atoms with Gasteiger partial charge in [0.05, 0.1) is 16.9 Å². The molecular weight excluding hydrogens is 326 g/mol. The third-order valence-electron chi connectivity index (χ3n) is 3.55. The summed E-state index contributed by atoms with van der Waals surface area (Å²) in [5.74, 6) is -0.794. The number of amides is 2. The molecule has 1 unspecified atom stereocenters. The predicted molar refractivity (Wildman–Crippen MR) is 92.3 cm³/mol. The van der Waals surface area contributed by atoms with Crippen LogP contribution in [0.5, 0.6) is 0 Å². The lowest BCUT2D eigenvalue weighted by Crippen LogP contribution is -2.27. The van der Waals surface area contributed by atoms with Crippen molar-refractivity contribution in [2.75, 3.05) is 10.6 Å². The molecule has 0 fully saturated rings. The van der Waals surface area contributed by atoms with Crippen molar-refractivity contribution < 1.29 is 14.5 Å². The molecule has 2 amide bonds. The van der Waals surface area contributed by atoms with Gasteiger partial charge in [0.15, 0.2) is 6.04 Å². The summed E-state index contributed by atoms with van der Waals surface area (Å²) in [6.07, 6.45) is 0.426. The van der Waals surface area contributed by atoms with Gasteiger partial charge in [0.2, 0.25) is 5.91 Å². The summed E-state index contributed by atoms with van der Waals surface area (Å²) in [5, 5.41) is 20.1. The predicted octanol–water partition coefficient (Wildman–Crippen LogP) is 2.65. The van der Waals surface area contributed by atoms with E-state index in [9.17, 15) is 19.7 Å². The summed E-state index contributed by atoms with van der Waals surface area (Å²) >= 11 is 0. The third kappa shape index (κ3) is 4.40. The topological polar surface area (TPSA) is 119 Å². The van der Waals surface area contributed by atoms with Crippen LogP contribution in [0.1, 0.15) is 32.0 Å². The van der Waals surface area contributed by atoms with Gasteiger partial charge in [-0.25, -0.2) is 0 Å². The molecule has 2 rings (SSSR count). The van der Waals surface area contributed by atoms with Crippen LogP contribution in [0.4, 0.5) is 17.2 Å². The van der Waals surface area contributed by atoms with Gasteiger partial charge in [-0.15, -0.1) is 0 Å². The van der Waals surface area contributed by atoms with Gasteiger partial charge in [0.25, 0.3) is 5.91 Å². The molecule has 9 nitrogen and oxygen atoms in total. The highest BCUT2D eigenvalue weighted by Crippen LogP contribution is 2.21. The SMILES string of the molecule is CCC(C(=O)Nc1ccc(NC(C)=O)cc1)n1nc([N+](=O)[O-])cc1C. The Morgan fingerprint density at radius 3 is 2.24 bits per heavy atom. The normalized spacial score (nSPS) is 11.6. The number of rotatable bonds is 6. The average Bonchev–Trinajstić information content (AvgIpc) is 2.92. The molecular formula is C16H19N5O4. The molecule has 0 aliphatic carbocycles. The molecule has 1 atom stereocenters. The van der Waals surface area contributed by atoms with Gasteiger partial charge >= 0.3 is 5.82 Å². The Hall–Kier alpha value is -3.23. The van der Waals surface area contributed by atoms with Gasteiger partial charge < -0.3 is 20.7 Å². The Morgan fingerprint density at radius 2 is 1.80 bits per heavy atom. The average molecular weight is 345 g/mol. The quantitative estimate of drug-likeness (QED) is 0.616. The molecule has 0 saturated carbocycles. The second-order valence-electron chi connectivity index (χ2n) is 5.52. The minimum Gasteiger partial charge on any atom is -0.358 e. The van der Waals surface area contributed by atoms with E-state index in [4.69, 9.17) is 0 Å². The highest BCUT2D eigenvalue weighted by molar-refractivity contribution is 5.94. The van der Waals surface area contributed by atoms with Crippen LogP contribution in [0.2, 0.25) is 0 Å². The third-order valence-corrected chi connectivity index (χ3v) is 3.55. The van der Waals surface area contributed by atoms with Crippen molar-refractivity contribution in [3.05, 3.63) is 46.1 Å². The number of benzene rings is 1. The molecule has 2 aromatic rings. The highest BCUT2D eigenvalue weighted by Gasteiger charge is 2.27. The lowest BCUT2D eigenvalue weighted by Gasteiger charge is -2.14. The number of anilines is 2. The number of nitrogens with one attached hydrogen (secondary N) is 2. The van der Waals surface area contributed by atoms with Crippen LogP contribution in [-0.2, 0) is 9.59 Å². The Labute approximate surface area is 144 Å². The molecule has 9 heteroatoms. The molecule has 0 radical (unpaired) electrons. The molecule has 1 heterocycles. The van der Waals surface area contributed by atoms with Crippen molar-refractivity contribution in [1.82, 2.24) is 9.78 Å². The summed E-state index contributed by atoms with van der Waals surface area (Å²) in [7, 11) is 0. The van der Waals surface area contributed by atoms with Crippen molar-refractivity contribution in [3.8, 4) is 0 Å².